The molecule has 2 aromatic rings. The number of ether oxygens (including phenoxy) is 3. The fraction of sp³-hybridized carbons (Fsp3) is 0.524. The normalized spacial score (nSPS) is 27.1. The van der Waals surface area contributed by atoms with E-state index >= 15 is 0 Å². The minimum absolute atomic E-state index is 0.0549. The number of aliphatic hydroxyl groups excluding tert-OH is 5. The molecular weight excluding hydrogens is 492 g/mol. The summed E-state index contributed by atoms with van der Waals surface area (Å²) in [5.74, 6) is -0.764. The van der Waals surface area contributed by atoms with E-state index in [-0.39, 0.29) is 31.1 Å². The van der Waals surface area contributed by atoms with Gasteiger partial charge >= 0.3 is 10.4 Å². The van der Waals surface area contributed by atoms with Crippen molar-refractivity contribution in [2.24, 2.45) is 0 Å². The largest absolute Gasteiger partial charge is 0.504 e. The SMILES string of the molecule is CC(CO)c1c(O)c(OC2OC(COS(=O)(=O)O)C(O)C(O)C2O)c2c3c(cc(CO)cc13)OC2. The predicted molar refractivity (Wildman–Crippen MR) is 116 cm³/mol. The smallest absolute Gasteiger partial charge is 0.397 e. The van der Waals surface area contributed by atoms with Crippen LogP contribution >= 0.6 is 0 Å². The van der Waals surface area contributed by atoms with Gasteiger partial charge in [-0.3, -0.25) is 4.55 Å². The predicted octanol–water partition coefficient (Wildman–Crippen LogP) is -0.968. The molecule has 0 amide bonds. The summed E-state index contributed by atoms with van der Waals surface area (Å²) in [6.07, 6.45) is -8.71. The molecule has 0 spiro atoms. The first-order valence-electron chi connectivity index (χ1n) is 10.6. The van der Waals surface area contributed by atoms with Crippen molar-refractivity contribution in [3.8, 4) is 17.2 Å². The summed E-state index contributed by atoms with van der Waals surface area (Å²) < 4.78 is 51.7. The van der Waals surface area contributed by atoms with Crippen molar-refractivity contribution in [2.75, 3.05) is 13.2 Å². The van der Waals surface area contributed by atoms with Gasteiger partial charge in [-0.05, 0) is 23.1 Å². The summed E-state index contributed by atoms with van der Waals surface area (Å²) in [6.45, 7) is 0.0636. The van der Waals surface area contributed by atoms with Gasteiger partial charge in [0, 0.05) is 29.0 Å². The van der Waals surface area contributed by atoms with Crippen LogP contribution in [0.3, 0.4) is 0 Å². The van der Waals surface area contributed by atoms with Crippen LogP contribution in [0, 0.1) is 0 Å². The summed E-state index contributed by atoms with van der Waals surface area (Å²) in [6, 6.07) is 3.26. The van der Waals surface area contributed by atoms with Gasteiger partial charge in [0.2, 0.25) is 6.29 Å². The van der Waals surface area contributed by atoms with Crippen molar-refractivity contribution in [1.29, 1.82) is 0 Å². The fourth-order valence-electron chi connectivity index (χ4n) is 4.33. The summed E-state index contributed by atoms with van der Waals surface area (Å²) in [5, 5.41) is 62.4. The Balaban J connectivity index is 1.77. The molecule has 7 N–H and O–H groups in total. The number of hydrogen-bond acceptors (Lipinski definition) is 12. The standard InChI is InChI=1S/C21H26O13S/c1-8(4-22)14-10-2-9(5-23)3-12-15(10)11(6-31-12)20(17(14)25)34-21-19(27)18(26)16(24)13(33-21)7-32-35(28,29)30/h2-3,8,13,16,18-19,21-27H,4-7H2,1H3,(H,28,29,30). The Hall–Kier alpha value is -2.27. The van der Waals surface area contributed by atoms with Crippen LogP contribution in [0.2, 0.25) is 0 Å². The Bertz CT molecular complexity index is 1210. The molecule has 194 valence electrons. The molecule has 13 nitrogen and oxygen atoms in total. The molecule has 4 rings (SSSR count). The van der Waals surface area contributed by atoms with Crippen molar-refractivity contribution >= 4 is 21.2 Å². The monoisotopic (exact) mass is 518 g/mol. The zero-order valence-corrected chi connectivity index (χ0v) is 19.3. The first kappa shape index (κ1) is 25.8. The highest BCUT2D eigenvalue weighted by Crippen LogP contribution is 2.51. The first-order chi connectivity index (χ1) is 16.5. The van der Waals surface area contributed by atoms with Gasteiger partial charge in [-0.2, -0.15) is 8.42 Å². The summed E-state index contributed by atoms with van der Waals surface area (Å²) in [4.78, 5) is 0. The van der Waals surface area contributed by atoms with Gasteiger partial charge in [0.05, 0.1) is 13.2 Å². The maximum atomic E-state index is 11.2. The lowest BCUT2D eigenvalue weighted by Gasteiger charge is -2.40. The lowest BCUT2D eigenvalue weighted by molar-refractivity contribution is -0.276. The third kappa shape index (κ3) is 4.76. The van der Waals surface area contributed by atoms with Crippen LogP contribution in [0.25, 0.3) is 10.8 Å². The Morgan fingerprint density at radius 2 is 1.86 bits per heavy atom. The molecule has 2 aromatic carbocycles. The molecule has 0 saturated carbocycles. The number of benzene rings is 2. The second-order valence-electron chi connectivity index (χ2n) is 8.46. The van der Waals surface area contributed by atoms with E-state index in [0.717, 1.165) is 0 Å². The van der Waals surface area contributed by atoms with E-state index in [4.69, 9.17) is 18.8 Å². The van der Waals surface area contributed by atoms with Crippen LogP contribution in [0.5, 0.6) is 17.2 Å². The molecule has 1 fully saturated rings. The molecule has 1 saturated heterocycles. The average molecular weight is 518 g/mol. The van der Waals surface area contributed by atoms with Gasteiger partial charge < -0.3 is 44.8 Å². The molecule has 0 aromatic heterocycles. The van der Waals surface area contributed by atoms with Crippen molar-refractivity contribution < 1.29 is 62.0 Å². The second kappa shape index (κ2) is 9.65. The van der Waals surface area contributed by atoms with Crippen LogP contribution in [0.1, 0.15) is 29.5 Å². The number of rotatable bonds is 8. The Labute approximate surface area is 199 Å². The quantitative estimate of drug-likeness (QED) is 0.210. The Morgan fingerprint density at radius 1 is 1.14 bits per heavy atom. The van der Waals surface area contributed by atoms with Gasteiger partial charge in [0.15, 0.2) is 11.5 Å². The van der Waals surface area contributed by atoms with Crippen LogP contribution in [-0.4, -0.2) is 87.5 Å². The molecule has 2 aliphatic heterocycles. The molecule has 6 unspecified atom stereocenters. The van der Waals surface area contributed by atoms with Crippen molar-refractivity contribution in [1.82, 2.24) is 0 Å². The Morgan fingerprint density at radius 3 is 2.49 bits per heavy atom. The van der Waals surface area contributed by atoms with E-state index in [2.05, 4.69) is 4.18 Å². The molecule has 35 heavy (non-hydrogen) atoms. The highest BCUT2D eigenvalue weighted by Gasteiger charge is 2.46. The zero-order chi connectivity index (χ0) is 25.7. The maximum absolute atomic E-state index is 11.2. The third-order valence-electron chi connectivity index (χ3n) is 6.10. The van der Waals surface area contributed by atoms with Crippen LogP contribution in [-0.2, 0) is 32.5 Å². The van der Waals surface area contributed by atoms with E-state index in [1.165, 1.54) is 0 Å². The molecule has 6 atom stereocenters. The minimum atomic E-state index is -4.89. The van der Waals surface area contributed by atoms with Gasteiger partial charge in [-0.1, -0.05) is 6.92 Å². The van der Waals surface area contributed by atoms with E-state index in [0.29, 0.717) is 27.6 Å². The third-order valence-corrected chi connectivity index (χ3v) is 6.54. The van der Waals surface area contributed by atoms with Gasteiger partial charge in [-0.15, -0.1) is 0 Å². The van der Waals surface area contributed by atoms with E-state index in [9.17, 15) is 39.1 Å². The van der Waals surface area contributed by atoms with E-state index < -0.39 is 59.4 Å². The van der Waals surface area contributed by atoms with Crippen molar-refractivity contribution in [3.63, 3.8) is 0 Å². The Kier molecular flexibility index (Phi) is 7.11. The van der Waals surface area contributed by atoms with Crippen LogP contribution in [0.15, 0.2) is 12.1 Å². The fourth-order valence-corrected chi connectivity index (χ4v) is 4.64. The molecule has 14 heteroatoms. The molecule has 0 bridgehead atoms. The van der Waals surface area contributed by atoms with Gasteiger partial charge in [0.25, 0.3) is 0 Å². The van der Waals surface area contributed by atoms with E-state index in [1.807, 2.05) is 0 Å². The van der Waals surface area contributed by atoms with Crippen LogP contribution < -0.4 is 9.47 Å². The van der Waals surface area contributed by atoms with Gasteiger partial charge in [-0.25, -0.2) is 4.18 Å². The van der Waals surface area contributed by atoms with Gasteiger partial charge in [0.1, 0.15) is 36.8 Å². The van der Waals surface area contributed by atoms with Crippen LogP contribution in [0.4, 0.5) is 0 Å². The topological polar surface area (TPSA) is 213 Å². The van der Waals surface area contributed by atoms with Crippen molar-refractivity contribution in [2.45, 2.75) is 56.8 Å². The van der Waals surface area contributed by atoms with E-state index in [1.54, 1.807) is 19.1 Å². The second-order valence-corrected chi connectivity index (χ2v) is 9.55. The number of aliphatic hydroxyl groups is 5. The number of hydrogen-bond donors (Lipinski definition) is 7. The highest BCUT2D eigenvalue weighted by molar-refractivity contribution is 7.80. The summed E-state index contributed by atoms with van der Waals surface area (Å²) in [5.41, 5.74) is 1.16. The highest BCUT2D eigenvalue weighted by atomic mass is 32.3. The first-order valence-corrected chi connectivity index (χ1v) is 12.0. The molecule has 2 aliphatic rings. The molecule has 2 heterocycles. The minimum Gasteiger partial charge on any atom is -0.504 e. The lowest BCUT2D eigenvalue weighted by Crippen LogP contribution is -2.60. The summed E-state index contributed by atoms with van der Waals surface area (Å²) in [7, 11) is -4.89. The van der Waals surface area contributed by atoms with Crippen molar-refractivity contribution in [3.05, 3.63) is 28.8 Å². The molecule has 0 aliphatic carbocycles. The number of phenolic OH excluding ortho intramolecular Hbond substituents is 1. The lowest BCUT2D eigenvalue weighted by atomic mass is 9.90. The molecule has 0 radical (unpaired) electrons. The number of aromatic hydroxyl groups is 1. The zero-order valence-electron chi connectivity index (χ0n) is 18.4. The molecular formula is C21H26O13S. The maximum Gasteiger partial charge on any atom is 0.397 e. The average Bonchev–Trinajstić information content (AvgIpc) is 3.24. The summed E-state index contributed by atoms with van der Waals surface area (Å²) >= 11 is 0. The number of phenols is 1.